The van der Waals surface area contributed by atoms with Crippen LogP contribution in [0.15, 0.2) is 12.2 Å². The Kier molecular flexibility index (Phi) is 8.78. The third-order valence-electron chi connectivity index (χ3n) is 1.61. The topological polar surface area (TPSA) is 109 Å². The largest absolute Gasteiger partial charge is 2.00 e. The molecule has 6 nitrogen and oxygen atoms in total. The molecule has 0 fully saturated rings. The molecule has 0 aromatic carbocycles. The molecule has 1 N–H and O–H groups in total. The number of rotatable bonds is 6. The van der Waals surface area contributed by atoms with Crippen LogP contribution in [0.25, 0.3) is 0 Å². The SMILES string of the molecule is C=C(C)C(=O)N[C@H](CCC(=O)[O-])C(=O)[O-].[Mg+2]. The quantitative estimate of drug-likeness (QED) is 0.390. The van der Waals surface area contributed by atoms with Gasteiger partial charge in [-0.05, 0) is 19.8 Å². The Hall–Kier alpha value is -1.08. The zero-order chi connectivity index (χ0) is 12.0. The van der Waals surface area contributed by atoms with E-state index in [4.69, 9.17) is 0 Å². The first-order valence-electron chi connectivity index (χ1n) is 4.21. The molecular weight excluding hydrogens is 226 g/mol. The van der Waals surface area contributed by atoms with Gasteiger partial charge >= 0.3 is 23.1 Å². The summed E-state index contributed by atoms with van der Waals surface area (Å²) in [5.41, 5.74) is 0.134. The molecule has 0 spiro atoms. The standard InChI is InChI=1S/C9H13NO5.Mg/c1-5(2)8(13)10-6(9(14)15)3-4-7(11)12;/h6H,1,3-4H2,2H3,(H,10,13)(H,11,12)(H,14,15);/q;+2/p-2/t6-;/m1./s1. The molecule has 1 amide bonds. The molecule has 1 atom stereocenters. The van der Waals surface area contributed by atoms with Crippen LogP contribution < -0.4 is 15.5 Å². The van der Waals surface area contributed by atoms with Crippen molar-refractivity contribution in [2.45, 2.75) is 25.8 Å². The predicted octanol–water partition coefficient (Wildman–Crippen LogP) is -3.05. The fourth-order valence-corrected chi connectivity index (χ4v) is 0.793. The van der Waals surface area contributed by atoms with E-state index in [-0.39, 0.29) is 35.0 Å². The zero-order valence-electron chi connectivity index (χ0n) is 8.95. The smallest absolute Gasteiger partial charge is 0.550 e. The average molecular weight is 237 g/mol. The minimum absolute atomic E-state index is 0. The van der Waals surface area contributed by atoms with E-state index < -0.39 is 30.3 Å². The molecule has 0 aliphatic carbocycles. The van der Waals surface area contributed by atoms with Gasteiger partial charge in [-0.2, -0.15) is 0 Å². The monoisotopic (exact) mass is 237 g/mol. The molecule has 0 aromatic heterocycles. The van der Waals surface area contributed by atoms with Crippen molar-refractivity contribution in [1.29, 1.82) is 0 Å². The van der Waals surface area contributed by atoms with Gasteiger partial charge in [-0.25, -0.2) is 0 Å². The third kappa shape index (κ3) is 7.24. The maximum Gasteiger partial charge on any atom is 2.00 e. The Morgan fingerprint density at radius 3 is 2.12 bits per heavy atom. The van der Waals surface area contributed by atoms with Gasteiger partial charge in [0.05, 0.1) is 12.0 Å². The first-order valence-corrected chi connectivity index (χ1v) is 4.21. The number of hydrogen-bond donors (Lipinski definition) is 1. The van der Waals surface area contributed by atoms with Crippen LogP contribution in [0.4, 0.5) is 0 Å². The number of carbonyl (C=O) groups is 3. The fourth-order valence-electron chi connectivity index (χ4n) is 0.793. The van der Waals surface area contributed by atoms with Gasteiger partial charge in [0.2, 0.25) is 5.91 Å². The van der Waals surface area contributed by atoms with Gasteiger partial charge in [0.1, 0.15) is 0 Å². The number of aliphatic carboxylic acids is 2. The summed E-state index contributed by atoms with van der Waals surface area (Å²) in [5.74, 6) is -3.57. The zero-order valence-corrected chi connectivity index (χ0v) is 10.4. The Morgan fingerprint density at radius 1 is 1.31 bits per heavy atom. The summed E-state index contributed by atoms with van der Waals surface area (Å²) in [7, 11) is 0. The molecule has 0 unspecified atom stereocenters. The second-order valence-electron chi connectivity index (χ2n) is 3.04. The van der Waals surface area contributed by atoms with Crippen molar-refractivity contribution in [3.05, 3.63) is 12.2 Å². The van der Waals surface area contributed by atoms with Gasteiger partial charge < -0.3 is 25.1 Å². The number of carboxylic acids is 2. The van der Waals surface area contributed by atoms with Gasteiger partial charge in [0.15, 0.2) is 0 Å². The molecule has 0 rings (SSSR count). The summed E-state index contributed by atoms with van der Waals surface area (Å²) in [4.78, 5) is 31.6. The van der Waals surface area contributed by atoms with Crippen LogP contribution in [0.5, 0.6) is 0 Å². The summed E-state index contributed by atoms with van der Waals surface area (Å²) < 4.78 is 0. The molecular formula is C9H11MgNO5. The molecule has 7 heteroatoms. The van der Waals surface area contributed by atoms with Crippen LogP contribution in [0.2, 0.25) is 0 Å². The fraction of sp³-hybridized carbons (Fsp3) is 0.444. The number of hydrogen-bond acceptors (Lipinski definition) is 5. The first-order chi connectivity index (χ1) is 6.84. The van der Waals surface area contributed by atoms with Gasteiger partial charge in [0, 0.05) is 11.5 Å². The van der Waals surface area contributed by atoms with Crippen molar-refractivity contribution in [2.24, 2.45) is 0 Å². The van der Waals surface area contributed by atoms with Gasteiger partial charge in [-0.3, -0.25) is 4.79 Å². The number of nitrogens with one attached hydrogen (secondary N) is 1. The van der Waals surface area contributed by atoms with Crippen molar-refractivity contribution >= 4 is 40.9 Å². The van der Waals surface area contributed by atoms with Gasteiger partial charge in [0.25, 0.3) is 0 Å². The Labute approximate surface area is 109 Å². The van der Waals surface area contributed by atoms with E-state index in [1.54, 1.807) is 0 Å². The Balaban J connectivity index is 0. The van der Waals surface area contributed by atoms with Crippen molar-refractivity contribution in [3.63, 3.8) is 0 Å². The maximum atomic E-state index is 11.0. The Morgan fingerprint density at radius 2 is 1.81 bits per heavy atom. The molecule has 0 heterocycles. The molecule has 84 valence electrons. The van der Waals surface area contributed by atoms with Crippen molar-refractivity contribution in [3.8, 4) is 0 Å². The van der Waals surface area contributed by atoms with Crippen molar-refractivity contribution in [2.75, 3.05) is 0 Å². The summed E-state index contributed by atoms with van der Waals surface area (Å²) in [6.45, 7) is 4.71. The van der Waals surface area contributed by atoms with Crippen LogP contribution in [0, 0.1) is 0 Å². The number of amides is 1. The van der Waals surface area contributed by atoms with Crippen LogP contribution in [-0.2, 0) is 14.4 Å². The van der Waals surface area contributed by atoms with E-state index in [1.807, 2.05) is 0 Å². The molecule has 16 heavy (non-hydrogen) atoms. The van der Waals surface area contributed by atoms with Crippen LogP contribution in [-0.4, -0.2) is 46.9 Å². The summed E-state index contributed by atoms with van der Waals surface area (Å²) in [6.07, 6.45) is -0.737. The average Bonchev–Trinajstić information content (AvgIpc) is 2.10. The summed E-state index contributed by atoms with van der Waals surface area (Å²) >= 11 is 0. The van der Waals surface area contributed by atoms with Crippen molar-refractivity contribution < 1.29 is 24.6 Å². The van der Waals surface area contributed by atoms with E-state index >= 15 is 0 Å². The second-order valence-corrected chi connectivity index (χ2v) is 3.04. The molecule has 0 radical (unpaired) electrons. The van der Waals surface area contributed by atoms with Crippen LogP contribution in [0.3, 0.4) is 0 Å². The third-order valence-corrected chi connectivity index (χ3v) is 1.61. The van der Waals surface area contributed by atoms with E-state index in [0.717, 1.165) is 0 Å². The molecule has 0 aromatic rings. The van der Waals surface area contributed by atoms with Crippen LogP contribution in [0.1, 0.15) is 19.8 Å². The molecule has 0 aliphatic rings. The van der Waals surface area contributed by atoms with Gasteiger partial charge in [-0.15, -0.1) is 0 Å². The minimum Gasteiger partial charge on any atom is -0.550 e. The van der Waals surface area contributed by atoms with E-state index in [9.17, 15) is 24.6 Å². The molecule has 0 saturated carbocycles. The molecule has 0 saturated heterocycles. The normalized spacial score (nSPS) is 10.8. The summed E-state index contributed by atoms with van der Waals surface area (Å²) in [6, 6.07) is -1.34. The van der Waals surface area contributed by atoms with E-state index in [0.29, 0.717) is 0 Å². The van der Waals surface area contributed by atoms with E-state index in [2.05, 4.69) is 11.9 Å². The molecule has 0 bridgehead atoms. The van der Waals surface area contributed by atoms with Crippen LogP contribution >= 0.6 is 0 Å². The second kappa shape index (κ2) is 8.11. The minimum atomic E-state index is -1.54. The predicted molar refractivity (Wildman–Crippen MR) is 51.7 cm³/mol. The number of carboxylic acid groups (broad SMARTS) is 2. The Bertz CT molecular complexity index is 302. The maximum absolute atomic E-state index is 11.0. The number of carbonyl (C=O) groups excluding carboxylic acids is 3. The van der Waals surface area contributed by atoms with Crippen molar-refractivity contribution in [1.82, 2.24) is 5.32 Å². The summed E-state index contributed by atoms with van der Waals surface area (Å²) in [5, 5.41) is 22.7. The first kappa shape index (κ1) is 17.3. The van der Waals surface area contributed by atoms with E-state index in [1.165, 1.54) is 6.92 Å². The van der Waals surface area contributed by atoms with Gasteiger partial charge in [-0.1, -0.05) is 6.58 Å². The molecule has 0 aliphatic heterocycles.